The number of esters is 1. The molecule has 0 bridgehead atoms. The van der Waals surface area contributed by atoms with Crippen molar-refractivity contribution in [2.24, 2.45) is 5.73 Å². The van der Waals surface area contributed by atoms with E-state index >= 15 is 0 Å². The number of hydrogen-bond acceptors (Lipinski definition) is 5. The Hall–Kier alpha value is -1.07. The maximum Gasteiger partial charge on any atom is 0.339 e. The van der Waals surface area contributed by atoms with Crippen LogP contribution in [0.3, 0.4) is 0 Å². The highest BCUT2D eigenvalue weighted by atomic mass is 32.1. The zero-order valence-corrected chi connectivity index (χ0v) is 8.60. The molecule has 1 aliphatic heterocycles. The van der Waals surface area contributed by atoms with Crippen LogP contribution in [0.25, 0.3) is 0 Å². The van der Waals surface area contributed by atoms with Crippen LogP contribution in [-0.4, -0.2) is 19.3 Å². The van der Waals surface area contributed by atoms with Crippen LogP contribution in [0.4, 0.5) is 0 Å². The lowest BCUT2D eigenvalue weighted by Crippen LogP contribution is -2.30. The molecule has 0 saturated carbocycles. The number of carbonyl (C=O) groups is 1. The lowest BCUT2D eigenvalue weighted by molar-refractivity contribution is 0.0598. The van der Waals surface area contributed by atoms with Crippen molar-refractivity contribution in [2.75, 3.05) is 7.11 Å². The largest absolute Gasteiger partial charge is 0.466 e. The topological polar surface area (TPSA) is 61.5 Å². The molecule has 2 rings (SSSR count). The van der Waals surface area contributed by atoms with Gasteiger partial charge in [0.15, 0.2) is 5.06 Å². The molecule has 2 N–H and O–H groups in total. The van der Waals surface area contributed by atoms with Gasteiger partial charge in [-0.1, -0.05) is 0 Å². The van der Waals surface area contributed by atoms with Crippen molar-refractivity contribution in [3.63, 3.8) is 0 Å². The fourth-order valence-electron chi connectivity index (χ4n) is 1.46. The first kappa shape index (κ1) is 9.48. The molecule has 1 aromatic rings. The van der Waals surface area contributed by atoms with Crippen molar-refractivity contribution in [3.05, 3.63) is 16.5 Å². The van der Waals surface area contributed by atoms with Crippen LogP contribution in [0.1, 0.15) is 22.3 Å². The molecule has 1 aliphatic rings. The molecule has 0 aliphatic carbocycles. The van der Waals surface area contributed by atoms with Crippen LogP contribution in [0.5, 0.6) is 5.06 Å². The van der Waals surface area contributed by atoms with E-state index in [-0.39, 0.29) is 12.2 Å². The van der Waals surface area contributed by atoms with Crippen LogP contribution in [0.15, 0.2) is 5.38 Å². The Morgan fingerprint density at radius 2 is 2.57 bits per heavy atom. The quantitative estimate of drug-likeness (QED) is 0.711. The van der Waals surface area contributed by atoms with Crippen molar-refractivity contribution in [2.45, 2.75) is 19.1 Å². The highest BCUT2D eigenvalue weighted by Crippen LogP contribution is 2.35. The predicted molar refractivity (Wildman–Crippen MR) is 52.6 cm³/mol. The normalized spacial score (nSPS) is 19.7. The number of ether oxygens (including phenoxy) is 2. The summed E-state index contributed by atoms with van der Waals surface area (Å²) in [6, 6.07) is 0. The van der Waals surface area contributed by atoms with Crippen molar-refractivity contribution in [1.29, 1.82) is 0 Å². The minimum atomic E-state index is -0.304. The van der Waals surface area contributed by atoms with Crippen LogP contribution < -0.4 is 10.5 Å². The van der Waals surface area contributed by atoms with Crippen LogP contribution in [0, 0.1) is 0 Å². The molecule has 14 heavy (non-hydrogen) atoms. The zero-order chi connectivity index (χ0) is 10.1. The van der Waals surface area contributed by atoms with Gasteiger partial charge in [-0.15, -0.1) is 11.3 Å². The van der Waals surface area contributed by atoms with E-state index in [2.05, 4.69) is 4.74 Å². The summed E-state index contributed by atoms with van der Waals surface area (Å²) >= 11 is 1.40. The maximum atomic E-state index is 11.3. The van der Waals surface area contributed by atoms with Crippen molar-refractivity contribution in [3.8, 4) is 5.06 Å². The molecule has 1 unspecified atom stereocenters. The number of hydrogen-bond donors (Lipinski definition) is 1. The van der Waals surface area contributed by atoms with E-state index in [1.54, 1.807) is 5.38 Å². The first-order chi connectivity index (χ1) is 6.72. The van der Waals surface area contributed by atoms with Gasteiger partial charge in [-0.05, 0) is 6.42 Å². The molecule has 0 aromatic carbocycles. The number of fused-ring (bicyclic) bond motifs is 1. The Labute approximate surface area is 85.6 Å². The minimum Gasteiger partial charge on any atom is -0.466 e. The lowest BCUT2D eigenvalue weighted by Gasteiger charge is -2.20. The Morgan fingerprint density at radius 1 is 1.79 bits per heavy atom. The molecular formula is C9H11NO3S. The van der Waals surface area contributed by atoms with Gasteiger partial charge in [0, 0.05) is 17.4 Å². The molecule has 2 heterocycles. The fourth-order valence-corrected chi connectivity index (χ4v) is 2.46. The SMILES string of the molecule is COC(=O)c1csc2c1CCC(N)O2. The Morgan fingerprint density at radius 3 is 3.29 bits per heavy atom. The van der Waals surface area contributed by atoms with E-state index in [9.17, 15) is 4.79 Å². The predicted octanol–water partition coefficient (Wildman–Crippen LogP) is 1.14. The summed E-state index contributed by atoms with van der Waals surface area (Å²) in [7, 11) is 1.38. The van der Waals surface area contributed by atoms with E-state index < -0.39 is 0 Å². The monoisotopic (exact) mass is 213 g/mol. The molecule has 76 valence electrons. The summed E-state index contributed by atoms with van der Waals surface area (Å²) in [5, 5.41) is 2.51. The van der Waals surface area contributed by atoms with Gasteiger partial charge in [0.25, 0.3) is 0 Å². The second kappa shape index (κ2) is 3.59. The summed E-state index contributed by atoms with van der Waals surface area (Å²) in [4.78, 5) is 11.3. The molecular weight excluding hydrogens is 202 g/mol. The average molecular weight is 213 g/mol. The smallest absolute Gasteiger partial charge is 0.339 e. The molecule has 0 amide bonds. The third kappa shape index (κ3) is 1.49. The standard InChI is InChI=1S/C9H11NO3S/c1-12-8(11)6-4-14-9-5(6)2-3-7(10)13-9/h4,7H,2-3,10H2,1H3. The first-order valence-electron chi connectivity index (χ1n) is 4.33. The Balaban J connectivity index is 2.33. The summed E-state index contributed by atoms with van der Waals surface area (Å²) in [6.07, 6.45) is 1.28. The lowest BCUT2D eigenvalue weighted by atomic mass is 10.1. The summed E-state index contributed by atoms with van der Waals surface area (Å²) in [6.45, 7) is 0. The highest BCUT2D eigenvalue weighted by molar-refractivity contribution is 7.12. The van der Waals surface area contributed by atoms with Crippen LogP contribution in [0.2, 0.25) is 0 Å². The van der Waals surface area contributed by atoms with Crippen LogP contribution in [-0.2, 0) is 11.2 Å². The van der Waals surface area contributed by atoms with Gasteiger partial charge in [-0.25, -0.2) is 4.79 Å². The molecule has 0 spiro atoms. The van der Waals surface area contributed by atoms with E-state index in [0.29, 0.717) is 5.56 Å². The second-order valence-electron chi connectivity index (χ2n) is 3.10. The maximum absolute atomic E-state index is 11.3. The molecule has 4 nitrogen and oxygen atoms in total. The van der Waals surface area contributed by atoms with E-state index in [4.69, 9.17) is 10.5 Å². The summed E-state index contributed by atoms with van der Waals surface area (Å²) in [5.41, 5.74) is 7.18. The third-order valence-corrected chi connectivity index (χ3v) is 3.11. The summed E-state index contributed by atoms with van der Waals surface area (Å²) < 4.78 is 10.1. The van der Waals surface area contributed by atoms with E-state index in [1.165, 1.54) is 18.4 Å². The van der Waals surface area contributed by atoms with Gasteiger partial charge >= 0.3 is 5.97 Å². The number of thiophene rings is 1. The molecule has 0 fully saturated rings. The first-order valence-corrected chi connectivity index (χ1v) is 5.21. The van der Waals surface area contributed by atoms with Gasteiger partial charge in [0.2, 0.25) is 0 Å². The van der Waals surface area contributed by atoms with Gasteiger partial charge < -0.3 is 9.47 Å². The molecule has 5 heteroatoms. The van der Waals surface area contributed by atoms with Crippen LogP contribution >= 0.6 is 11.3 Å². The third-order valence-electron chi connectivity index (χ3n) is 2.20. The zero-order valence-electron chi connectivity index (χ0n) is 7.78. The average Bonchev–Trinajstić information content (AvgIpc) is 2.59. The van der Waals surface area contributed by atoms with Gasteiger partial charge in [0.1, 0.15) is 6.23 Å². The van der Waals surface area contributed by atoms with Crippen molar-refractivity contribution < 1.29 is 14.3 Å². The van der Waals surface area contributed by atoms with Gasteiger partial charge in [-0.3, -0.25) is 5.73 Å². The fraction of sp³-hybridized carbons (Fsp3) is 0.444. The summed E-state index contributed by atoms with van der Waals surface area (Å²) in [5.74, 6) is -0.304. The van der Waals surface area contributed by atoms with Crippen molar-refractivity contribution in [1.82, 2.24) is 0 Å². The number of nitrogens with two attached hydrogens (primary N) is 1. The molecule has 0 radical (unpaired) electrons. The number of carbonyl (C=O) groups excluding carboxylic acids is 1. The highest BCUT2D eigenvalue weighted by Gasteiger charge is 2.24. The molecule has 1 aromatic heterocycles. The minimum absolute atomic E-state index is 0.244. The Kier molecular flexibility index (Phi) is 2.43. The van der Waals surface area contributed by atoms with Crippen molar-refractivity contribution >= 4 is 17.3 Å². The van der Waals surface area contributed by atoms with Gasteiger partial charge in [0.05, 0.1) is 12.7 Å². The second-order valence-corrected chi connectivity index (χ2v) is 3.94. The molecule has 0 saturated heterocycles. The van der Waals surface area contributed by atoms with Gasteiger partial charge in [-0.2, -0.15) is 0 Å². The van der Waals surface area contributed by atoms with E-state index in [1.807, 2.05) is 0 Å². The molecule has 1 atom stereocenters. The number of methoxy groups -OCH3 is 1. The number of rotatable bonds is 1. The Bertz CT molecular complexity index is 361. The van der Waals surface area contributed by atoms with E-state index in [0.717, 1.165) is 23.5 Å².